The fraction of sp³-hybridized carbons (Fsp3) is 0.556. The van der Waals surface area contributed by atoms with Crippen molar-refractivity contribution in [1.82, 2.24) is 5.32 Å². The van der Waals surface area contributed by atoms with E-state index in [9.17, 15) is 9.59 Å². The lowest BCUT2D eigenvalue weighted by atomic mass is 10.1. The summed E-state index contributed by atoms with van der Waals surface area (Å²) in [5.74, 6) is 0.420. The molecule has 1 saturated heterocycles. The van der Waals surface area contributed by atoms with E-state index < -0.39 is 0 Å². The molecule has 0 unspecified atom stereocenters. The Morgan fingerprint density at radius 2 is 2.17 bits per heavy atom. The van der Waals surface area contributed by atoms with Gasteiger partial charge in [-0.2, -0.15) is 0 Å². The predicted octanol–water partition coefficient (Wildman–Crippen LogP) is 2.74. The molecule has 0 spiro atoms. The van der Waals surface area contributed by atoms with E-state index in [1.54, 1.807) is 12.0 Å². The highest BCUT2D eigenvalue weighted by Gasteiger charge is 2.35. The van der Waals surface area contributed by atoms with Gasteiger partial charge in [0.05, 0.1) is 13.0 Å². The smallest absolute Gasteiger partial charge is 0.227 e. The van der Waals surface area contributed by atoms with Crippen molar-refractivity contribution in [2.45, 2.75) is 39.0 Å². The zero-order chi connectivity index (χ0) is 16.7. The summed E-state index contributed by atoms with van der Waals surface area (Å²) < 4.78 is 5.19. The van der Waals surface area contributed by atoms with Crippen LogP contribution < -0.4 is 15.0 Å². The van der Waals surface area contributed by atoms with Crippen LogP contribution in [0.2, 0.25) is 0 Å². The minimum absolute atomic E-state index is 0.00983. The largest absolute Gasteiger partial charge is 0.497 e. The Bertz CT molecular complexity index is 545. The van der Waals surface area contributed by atoms with Gasteiger partial charge in [-0.1, -0.05) is 32.3 Å². The maximum atomic E-state index is 12.2. The Morgan fingerprint density at radius 1 is 1.35 bits per heavy atom. The Balaban J connectivity index is 1.87. The van der Waals surface area contributed by atoms with E-state index in [0.29, 0.717) is 18.8 Å². The number of amides is 2. The summed E-state index contributed by atoms with van der Waals surface area (Å²) in [4.78, 5) is 26.1. The van der Waals surface area contributed by atoms with E-state index >= 15 is 0 Å². The number of hydrogen-bond donors (Lipinski definition) is 1. The summed E-state index contributed by atoms with van der Waals surface area (Å²) in [5.41, 5.74) is 0.785. The summed E-state index contributed by atoms with van der Waals surface area (Å²) in [6, 6.07) is 7.38. The number of rotatable bonds is 8. The van der Waals surface area contributed by atoms with Crippen molar-refractivity contribution >= 4 is 17.5 Å². The molecule has 1 aliphatic heterocycles. The topological polar surface area (TPSA) is 58.6 Å². The van der Waals surface area contributed by atoms with Gasteiger partial charge in [-0.05, 0) is 18.6 Å². The first-order valence-corrected chi connectivity index (χ1v) is 8.37. The van der Waals surface area contributed by atoms with Crippen LogP contribution >= 0.6 is 0 Å². The molecule has 0 bridgehead atoms. The highest BCUT2D eigenvalue weighted by molar-refractivity contribution is 6.00. The Kier molecular flexibility index (Phi) is 6.44. The maximum absolute atomic E-state index is 12.2. The molecule has 1 N–H and O–H groups in total. The molecule has 23 heavy (non-hydrogen) atoms. The number of ether oxygens (including phenoxy) is 1. The maximum Gasteiger partial charge on any atom is 0.227 e. The average Bonchev–Trinajstić information content (AvgIpc) is 2.96. The highest BCUT2D eigenvalue weighted by Crippen LogP contribution is 2.27. The molecule has 2 amide bonds. The molecule has 1 atom stereocenters. The second-order valence-corrected chi connectivity index (χ2v) is 5.96. The Hall–Kier alpha value is -2.04. The van der Waals surface area contributed by atoms with Crippen LogP contribution in [-0.4, -0.2) is 32.0 Å². The van der Waals surface area contributed by atoms with Crippen LogP contribution in [0, 0.1) is 5.92 Å². The van der Waals surface area contributed by atoms with Gasteiger partial charge in [0, 0.05) is 31.3 Å². The standard InChI is InChI=1S/C18H26N2O3/c1-3-4-5-6-10-19-18(22)14-11-17(21)20(13-14)15-8-7-9-16(12-15)23-2/h7-9,12,14H,3-6,10-11,13H2,1-2H3,(H,19,22)/t14-/m1/s1. The van der Waals surface area contributed by atoms with Crippen molar-refractivity contribution in [3.05, 3.63) is 24.3 Å². The Morgan fingerprint density at radius 3 is 2.91 bits per heavy atom. The van der Waals surface area contributed by atoms with Crippen LogP contribution in [0.25, 0.3) is 0 Å². The Labute approximate surface area is 138 Å². The van der Waals surface area contributed by atoms with Crippen LogP contribution in [0.4, 0.5) is 5.69 Å². The summed E-state index contributed by atoms with van der Waals surface area (Å²) >= 11 is 0. The van der Waals surface area contributed by atoms with Crippen molar-refractivity contribution < 1.29 is 14.3 Å². The molecule has 1 aromatic rings. The van der Waals surface area contributed by atoms with Crippen LogP contribution in [-0.2, 0) is 9.59 Å². The van der Waals surface area contributed by atoms with E-state index in [4.69, 9.17) is 4.74 Å². The minimum Gasteiger partial charge on any atom is -0.497 e. The average molecular weight is 318 g/mol. The van der Waals surface area contributed by atoms with Crippen molar-refractivity contribution in [3.63, 3.8) is 0 Å². The monoisotopic (exact) mass is 318 g/mol. The normalized spacial score (nSPS) is 17.4. The lowest BCUT2D eigenvalue weighted by molar-refractivity contribution is -0.126. The number of anilines is 1. The number of unbranched alkanes of at least 4 members (excludes halogenated alkanes) is 3. The van der Waals surface area contributed by atoms with E-state index in [0.717, 1.165) is 18.5 Å². The molecule has 0 aromatic heterocycles. The molecule has 1 heterocycles. The second-order valence-electron chi connectivity index (χ2n) is 5.96. The molecule has 5 nitrogen and oxygen atoms in total. The summed E-state index contributed by atoms with van der Waals surface area (Å²) in [5, 5.41) is 2.96. The van der Waals surface area contributed by atoms with E-state index in [1.165, 1.54) is 12.8 Å². The number of nitrogens with zero attached hydrogens (tertiary/aromatic N) is 1. The molecular weight excluding hydrogens is 292 g/mol. The first-order valence-electron chi connectivity index (χ1n) is 8.37. The minimum atomic E-state index is -0.264. The van der Waals surface area contributed by atoms with Crippen molar-refractivity contribution in [1.29, 1.82) is 0 Å². The number of nitrogens with one attached hydrogen (secondary N) is 1. The van der Waals surface area contributed by atoms with Gasteiger partial charge >= 0.3 is 0 Å². The molecule has 5 heteroatoms. The quantitative estimate of drug-likeness (QED) is 0.750. The molecule has 0 radical (unpaired) electrons. The summed E-state index contributed by atoms with van der Waals surface area (Å²) in [6.45, 7) is 3.30. The van der Waals surface area contributed by atoms with E-state index in [-0.39, 0.29) is 24.2 Å². The predicted molar refractivity (Wildman–Crippen MR) is 90.6 cm³/mol. The van der Waals surface area contributed by atoms with Crippen LogP contribution in [0.5, 0.6) is 5.75 Å². The zero-order valence-corrected chi connectivity index (χ0v) is 14.0. The van der Waals surface area contributed by atoms with E-state index in [1.807, 2.05) is 24.3 Å². The lowest BCUT2D eigenvalue weighted by Gasteiger charge is -2.17. The number of hydrogen-bond acceptors (Lipinski definition) is 3. The van der Waals surface area contributed by atoms with Gasteiger partial charge in [-0.15, -0.1) is 0 Å². The number of carbonyl (C=O) groups is 2. The van der Waals surface area contributed by atoms with Gasteiger partial charge < -0.3 is 15.0 Å². The summed E-state index contributed by atoms with van der Waals surface area (Å²) in [7, 11) is 1.60. The van der Waals surface area contributed by atoms with E-state index in [2.05, 4.69) is 12.2 Å². The third-order valence-electron chi connectivity index (χ3n) is 4.19. The molecule has 126 valence electrons. The number of methoxy groups -OCH3 is 1. The van der Waals surface area contributed by atoms with Crippen LogP contribution in [0.15, 0.2) is 24.3 Å². The molecule has 0 saturated carbocycles. The SMILES string of the molecule is CCCCCCNC(=O)[C@@H]1CC(=O)N(c2cccc(OC)c2)C1. The van der Waals surface area contributed by atoms with Gasteiger partial charge in [0.25, 0.3) is 0 Å². The zero-order valence-electron chi connectivity index (χ0n) is 14.0. The van der Waals surface area contributed by atoms with Gasteiger partial charge in [0.1, 0.15) is 5.75 Å². The first-order chi connectivity index (χ1) is 11.2. The summed E-state index contributed by atoms with van der Waals surface area (Å²) in [6.07, 6.45) is 4.79. The van der Waals surface area contributed by atoms with Crippen LogP contribution in [0.1, 0.15) is 39.0 Å². The molecule has 1 aromatic carbocycles. The highest BCUT2D eigenvalue weighted by atomic mass is 16.5. The second kappa shape index (κ2) is 8.56. The molecular formula is C18H26N2O3. The van der Waals surface area contributed by atoms with Gasteiger partial charge in [0.2, 0.25) is 11.8 Å². The van der Waals surface area contributed by atoms with Crippen molar-refractivity contribution in [2.24, 2.45) is 5.92 Å². The first kappa shape index (κ1) is 17.3. The van der Waals surface area contributed by atoms with Crippen molar-refractivity contribution in [3.8, 4) is 5.75 Å². The molecule has 1 fully saturated rings. The third-order valence-corrected chi connectivity index (χ3v) is 4.19. The molecule has 2 rings (SSSR count). The fourth-order valence-electron chi connectivity index (χ4n) is 2.82. The van der Waals surface area contributed by atoms with Gasteiger partial charge in [-0.3, -0.25) is 9.59 Å². The number of carbonyl (C=O) groups excluding carboxylic acids is 2. The lowest BCUT2D eigenvalue weighted by Crippen LogP contribution is -2.33. The third kappa shape index (κ3) is 4.71. The number of benzene rings is 1. The molecule has 0 aliphatic carbocycles. The van der Waals surface area contributed by atoms with Crippen molar-refractivity contribution in [2.75, 3.05) is 25.1 Å². The molecule has 1 aliphatic rings. The van der Waals surface area contributed by atoms with Gasteiger partial charge in [0.15, 0.2) is 0 Å². The van der Waals surface area contributed by atoms with Gasteiger partial charge in [-0.25, -0.2) is 0 Å². The van der Waals surface area contributed by atoms with Crippen LogP contribution in [0.3, 0.4) is 0 Å². The fourth-order valence-corrected chi connectivity index (χ4v) is 2.82.